The Morgan fingerprint density at radius 1 is 1.30 bits per heavy atom. The third kappa shape index (κ3) is 11.3. The maximum absolute atomic E-state index is 9.24. The lowest BCUT2D eigenvalue weighted by Crippen LogP contribution is -2.49. The summed E-state index contributed by atoms with van der Waals surface area (Å²) in [7, 11) is 0. The summed E-state index contributed by atoms with van der Waals surface area (Å²) < 4.78 is 0. The van der Waals surface area contributed by atoms with Gasteiger partial charge in [-0.2, -0.15) is 11.3 Å². The van der Waals surface area contributed by atoms with Gasteiger partial charge in [0.25, 0.3) is 0 Å². The van der Waals surface area contributed by atoms with Crippen LogP contribution in [0.2, 0.25) is 0 Å². The summed E-state index contributed by atoms with van der Waals surface area (Å²) in [6, 6.07) is 10.1. The van der Waals surface area contributed by atoms with Crippen LogP contribution in [0.25, 0.3) is 0 Å². The number of aromatic hydroxyl groups is 1. The molecular weight excluding hydrogens is 352 g/mol. The average molecular weight is 387 g/mol. The Kier molecular flexibility index (Phi) is 14.9. The predicted molar refractivity (Wildman–Crippen MR) is 121 cm³/mol. The van der Waals surface area contributed by atoms with Crippen molar-refractivity contribution in [3.8, 4) is 18.6 Å². The highest BCUT2D eigenvalue weighted by Gasteiger charge is 2.12. The molecule has 2 heterocycles. The molecule has 0 spiro atoms. The Balaban J connectivity index is 0.000000434. The van der Waals surface area contributed by atoms with Gasteiger partial charge in [0.15, 0.2) is 0 Å². The summed E-state index contributed by atoms with van der Waals surface area (Å²) in [5, 5.41) is 16.8. The molecule has 0 radical (unpaired) electrons. The Labute approximate surface area is 169 Å². The fourth-order valence-corrected chi connectivity index (χ4v) is 3.32. The molecule has 1 aliphatic heterocycles. The highest BCUT2D eigenvalue weighted by atomic mass is 32.1. The van der Waals surface area contributed by atoms with E-state index in [0.29, 0.717) is 11.8 Å². The average Bonchev–Trinajstić information content (AvgIpc) is 3.19. The number of benzene rings is 1. The summed E-state index contributed by atoms with van der Waals surface area (Å²) in [6.45, 7) is 14.4. The summed E-state index contributed by atoms with van der Waals surface area (Å²) >= 11 is 1.70. The minimum Gasteiger partial charge on any atom is -0.508 e. The summed E-state index contributed by atoms with van der Waals surface area (Å²) in [5.74, 6) is 0.340. The van der Waals surface area contributed by atoms with Crippen molar-refractivity contribution in [1.29, 1.82) is 0 Å². The Bertz CT molecular complexity index is 622. The summed E-state index contributed by atoms with van der Waals surface area (Å²) in [5.41, 5.74) is 2.45. The zero-order valence-electron chi connectivity index (χ0n) is 16.9. The van der Waals surface area contributed by atoms with Crippen LogP contribution >= 0.6 is 11.3 Å². The van der Waals surface area contributed by atoms with Crippen LogP contribution in [0.3, 0.4) is 0 Å². The summed E-state index contributed by atoms with van der Waals surface area (Å²) in [4.78, 5) is 2.41. The van der Waals surface area contributed by atoms with E-state index in [1.54, 1.807) is 23.5 Å². The number of nitrogens with zero attached hydrogens (tertiary/aromatic N) is 1. The number of terminal acetylenes is 1. The van der Waals surface area contributed by atoms with Gasteiger partial charge >= 0.3 is 0 Å². The first-order chi connectivity index (χ1) is 13.2. The quantitative estimate of drug-likeness (QED) is 0.586. The molecule has 1 saturated heterocycles. The molecule has 3 nitrogen and oxygen atoms in total. The lowest BCUT2D eigenvalue weighted by Gasteiger charge is -2.30. The van der Waals surface area contributed by atoms with E-state index in [2.05, 4.69) is 53.4 Å². The zero-order chi connectivity index (χ0) is 20.5. The lowest BCUT2D eigenvalue weighted by molar-refractivity contribution is 0.226. The van der Waals surface area contributed by atoms with Crippen molar-refractivity contribution in [2.24, 2.45) is 0 Å². The third-order valence-corrected chi connectivity index (χ3v) is 4.47. The van der Waals surface area contributed by atoms with Gasteiger partial charge in [0.05, 0.1) is 0 Å². The maximum atomic E-state index is 9.24. The molecule has 3 rings (SSSR count). The molecule has 27 heavy (non-hydrogen) atoms. The minimum absolute atomic E-state index is 0.340. The van der Waals surface area contributed by atoms with Crippen LogP contribution in [-0.4, -0.2) is 42.2 Å². The fraction of sp³-hybridized carbons (Fsp3) is 0.391. The molecule has 4 heteroatoms. The largest absolute Gasteiger partial charge is 0.508 e. The molecule has 2 aromatic rings. The Hall–Kier alpha value is -2.06. The molecule has 1 aliphatic rings. The second kappa shape index (κ2) is 16.1. The number of phenolic OH excluding ortho intramolecular Hbond substituents is 1. The van der Waals surface area contributed by atoms with Gasteiger partial charge < -0.3 is 10.4 Å². The van der Waals surface area contributed by atoms with Gasteiger partial charge in [-0.3, -0.25) is 4.90 Å². The van der Waals surface area contributed by atoms with E-state index in [0.717, 1.165) is 38.2 Å². The summed E-state index contributed by atoms with van der Waals surface area (Å²) in [6.07, 6.45) is 10.9. The number of thiophene rings is 1. The molecule has 1 atom stereocenters. The van der Waals surface area contributed by atoms with Gasteiger partial charge in [-0.1, -0.05) is 32.1 Å². The van der Waals surface area contributed by atoms with Crippen molar-refractivity contribution >= 4 is 11.3 Å². The third-order valence-electron chi connectivity index (χ3n) is 3.74. The predicted octanol–water partition coefficient (Wildman–Crippen LogP) is 4.79. The molecule has 1 aromatic carbocycles. The van der Waals surface area contributed by atoms with Gasteiger partial charge in [-0.05, 0) is 53.4 Å². The van der Waals surface area contributed by atoms with Crippen molar-refractivity contribution < 1.29 is 5.11 Å². The van der Waals surface area contributed by atoms with Gasteiger partial charge in [-0.15, -0.1) is 19.4 Å². The first-order valence-electron chi connectivity index (χ1n) is 9.36. The number of piperazine rings is 1. The molecule has 0 aliphatic carbocycles. The highest BCUT2D eigenvalue weighted by molar-refractivity contribution is 7.07. The fourth-order valence-electron chi connectivity index (χ4n) is 2.66. The highest BCUT2D eigenvalue weighted by Crippen LogP contribution is 2.16. The van der Waals surface area contributed by atoms with Gasteiger partial charge in [0.2, 0.25) is 0 Å². The van der Waals surface area contributed by atoms with Gasteiger partial charge in [-0.25, -0.2) is 0 Å². The van der Waals surface area contributed by atoms with Crippen LogP contribution in [0.4, 0.5) is 0 Å². The lowest BCUT2D eigenvalue weighted by atomic mass is 10.1. The van der Waals surface area contributed by atoms with Crippen molar-refractivity contribution in [3.05, 3.63) is 64.9 Å². The second-order valence-corrected chi connectivity index (χ2v) is 6.66. The van der Waals surface area contributed by atoms with Crippen LogP contribution in [0.5, 0.6) is 5.75 Å². The molecule has 0 bridgehead atoms. The SMILES string of the molecule is C#C.C=CCN1CCN[C@@H](C)C1.CC.Oc1cccc(Cc2ccsc2)c1. The number of phenols is 1. The van der Waals surface area contributed by atoms with Gasteiger partial charge in [0, 0.05) is 32.2 Å². The van der Waals surface area contributed by atoms with E-state index < -0.39 is 0 Å². The smallest absolute Gasteiger partial charge is 0.115 e. The molecule has 0 amide bonds. The van der Waals surface area contributed by atoms with E-state index in [1.165, 1.54) is 5.56 Å². The molecular formula is C23H34N2OS. The van der Waals surface area contributed by atoms with Crippen molar-refractivity contribution in [1.82, 2.24) is 10.2 Å². The van der Waals surface area contributed by atoms with E-state index in [9.17, 15) is 5.11 Å². The number of rotatable bonds is 4. The van der Waals surface area contributed by atoms with Crippen LogP contribution in [0.15, 0.2) is 53.7 Å². The van der Waals surface area contributed by atoms with Crippen LogP contribution < -0.4 is 5.32 Å². The first-order valence-corrected chi connectivity index (χ1v) is 10.3. The van der Waals surface area contributed by atoms with Crippen LogP contribution in [-0.2, 0) is 6.42 Å². The Morgan fingerprint density at radius 3 is 2.59 bits per heavy atom. The zero-order valence-corrected chi connectivity index (χ0v) is 17.7. The Morgan fingerprint density at radius 2 is 2.04 bits per heavy atom. The molecule has 0 unspecified atom stereocenters. The minimum atomic E-state index is 0.340. The molecule has 2 N–H and O–H groups in total. The topological polar surface area (TPSA) is 35.5 Å². The number of hydrogen-bond acceptors (Lipinski definition) is 4. The molecule has 0 saturated carbocycles. The standard InChI is InChI=1S/C11H10OS.C8H16N2.C2H6.C2H2/c12-11-3-1-2-9(7-11)6-10-4-5-13-8-10;1-3-5-10-6-4-9-8(2)7-10;2*1-2/h1-5,7-8,12H,6H2;3,8-9H,1,4-7H2,2H3;1-2H3;1-2H/t;8-;;/m.0../s1. The molecule has 148 valence electrons. The molecule has 1 aromatic heterocycles. The van der Waals surface area contributed by atoms with Gasteiger partial charge in [0.1, 0.15) is 5.75 Å². The number of hydrogen-bond donors (Lipinski definition) is 2. The van der Waals surface area contributed by atoms with Crippen LogP contribution in [0.1, 0.15) is 31.9 Å². The maximum Gasteiger partial charge on any atom is 0.115 e. The normalized spacial score (nSPS) is 15.7. The van der Waals surface area contributed by atoms with Crippen molar-refractivity contribution in [3.63, 3.8) is 0 Å². The second-order valence-electron chi connectivity index (χ2n) is 5.88. The van der Waals surface area contributed by atoms with Crippen molar-refractivity contribution in [2.75, 3.05) is 26.2 Å². The van der Waals surface area contributed by atoms with E-state index in [1.807, 2.05) is 32.1 Å². The van der Waals surface area contributed by atoms with Crippen molar-refractivity contribution in [2.45, 2.75) is 33.2 Å². The number of nitrogens with one attached hydrogen (secondary N) is 1. The van der Waals surface area contributed by atoms with E-state index >= 15 is 0 Å². The van der Waals surface area contributed by atoms with Crippen LogP contribution in [0, 0.1) is 12.8 Å². The monoisotopic (exact) mass is 386 g/mol. The molecule has 1 fully saturated rings. The van der Waals surface area contributed by atoms with E-state index in [-0.39, 0.29) is 0 Å². The van der Waals surface area contributed by atoms with E-state index in [4.69, 9.17) is 0 Å². The first kappa shape index (κ1) is 24.9.